The molecule has 1 rings (SSSR count). The summed E-state index contributed by atoms with van der Waals surface area (Å²) < 4.78 is 25.1. The molecule has 0 bridgehead atoms. The Bertz CT molecular complexity index is 547. The SMILES string of the molecule is CC(C)c1cccc(S(=O)(=O)C(C)C)c1C(C)(C)C. The molecule has 0 aliphatic carbocycles. The third-order valence-corrected chi connectivity index (χ3v) is 5.55. The van der Waals surface area contributed by atoms with E-state index in [1.807, 2.05) is 12.1 Å². The van der Waals surface area contributed by atoms with E-state index in [1.165, 1.54) is 0 Å². The molecule has 0 aromatic heterocycles. The number of sulfone groups is 1. The zero-order valence-electron chi connectivity index (χ0n) is 13.1. The van der Waals surface area contributed by atoms with E-state index >= 15 is 0 Å². The molecule has 0 unspecified atom stereocenters. The van der Waals surface area contributed by atoms with Gasteiger partial charge >= 0.3 is 0 Å². The van der Waals surface area contributed by atoms with Crippen LogP contribution in [0.4, 0.5) is 0 Å². The van der Waals surface area contributed by atoms with Crippen molar-refractivity contribution in [1.29, 1.82) is 0 Å². The molecule has 0 N–H and O–H groups in total. The third kappa shape index (κ3) is 3.19. The fraction of sp³-hybridized carbons (Fsp3) is 0.625. The molecule has 3 heteroatoms. The van der Waals surface area contributed by atoms with Gasteiger partial charge in [0.25, 0.3) is 0 Å². The van der Waals surface area contributed by atoms with Gasteiger partial charge in [-0.3, -0.25) is 0 Å². The summed E-state index contributed by atoms with van der Waals surface area (Å²) in [4.78, 5) is 0.501. The van der Waals surface area contributed by atoms with E-state index in [-0.39, 0.29) is 5.41 Å². The molecule has 0 saturated carbocycles. The first-order chi connectivity index (χ1) is 8.49. The van der Waals surface area contributed by atoms with Crippen molar-refractivity contribution in [2.24, 2.45) is 0 Å². The van der Waals surface area contributed by atoms with Crippen LogP contribution in [0.1, 0.15) is 65.5 Å². The lowest BCUT2D eigenvalue weighted by molar-refractivity contribution is 0.548. The average molecular weight is 282 g/mol. The van der Waals surface area contributed by atoms with Crippen molar-refractivity contribution >= 4 is 9.84 Å². The summed E-state index contributed by atoms with van der Waals surface area (Å²) >= 11 is 0. The van der Waals surface area contributed by atoms with Crippen molar-refractivity contribution < 1.29 is 8.42 Å². The highest BCUT2D eigenvalue weighted by Gasteiger charge is 2.30. The Labute approximate surface area is 118 Å². The summed E-state index contributed by atoms with van der Waals surface area (Å²) in [6.07, 6.45) is 0. The van der Waals surface area contributed by atoms with Gasteiger partial charge < -0.3 is 0 Å². The molecule has 19 heavy (non-hydrogen) atoms. The monoisotopic (exact) mass is 282 g/mol. The Balaban J connectivity index is 3.73. The lowest BCUT2D eigenvalue weighted by Crippen LogP contribution is -2.23. The average Bonchev–Trinajstić information content (AvgIpc) is 2.26. The Morgan fingerprint density at radius 1 is 1.00 bits per heavy atom. The van der Waals surface area contributed by atoms with Gasteiger partial charge in [0.05, 0.1) is 10.1 Å². The molecule has 0 fully saturated rings. The van der Waals surface area contributed by atoms with Crippen LogP contribution in [-0.4, -0.2) is 13.7 Å². The first-order valence-electron chi connectivity index (χ1n) is 6.87. The molecule has 0 heterocycles. The van der Waals surface area contributed by atoms with Crippen molar-refractivity contribution in [1.82, 2.24) is 0 Å². The van der Waals surface area contributed by atoms with Crippen LogP contribution in [0, 0.1) is 0 Å². The molecule has 108 valence electrons. The van der Waals surface area contributed by atoms with Crippen LogP contribution in [-0.2, 0) is 15.3 Å². The number of benzene rings is 1. The van der Waals surface area contributed by atoms with Crippen molar-refractivity contribution in [3.8, 4) is 0 Å². The number of hydrogen-bond donors (Lipinski definition) is 0. The first-order valence-corrected chi connectivity index (χ1v) is 8.41. The van der Waals surface area contributed by atoms with Gasteiger partial charge in [0.15, 0.2) is 9.84 Å². The Hall–Kier alpha value is -0.830. The topological polar surface area (TPSA) is 34.1 Å². The lowest BCUT2D eigenvalue weighted by Gasteiger charge is -2.28. The second kappa shape index (κ2) is 5.28. The van der Waals surface area contributed by atoms with Crippen LogP contribution < -0.4 is 0 Å². The molecule has 1 aromatic carbocycles. The van der Waals surface area contributed by atoms with Gasteiger partial charge in [0.2, 0.25) is 0 Å². The van der Waals surface area contributed by atoms with Gasteiger partial charge in [-0.2, -0.15) is 0 Å². The summed E-state index contributed by atoms with van der Waals surface area (Å²) in [5, 5.41) is -0.393. The largest absolute Gasteiger partial charge is 0.223 e. The maximum absolute atomic E-state index is 12.6. The number of hydrogen-bond acceptors (Lipinski definition) is 2. The van der Waals surface area contributed by atoms with E-state index in [4.69, 9.17) is 0 Å². The highest BCUT2D eigenvalue weighted by atomic mass is 32.2. The second-order valence-electron chi connectivity index (χ2n) is 6.72. The van der Waals surface area contributed by atoms with Gasteiger partial charge in [-0.25, -0.2) is 8.42 Å². The Morgan fingerprint density at radius 3 is 1.89 bits per heavy atom. The van der Waals surface area contributed by atoms with Gasteiger partial charge in [-0.05, 0) is 42.4 Å². The normalized spacial score (nSPS) is 13.3. The molecule has 0 saturated heterocycles. The quantitative estimate of drug-likeness (QED) is 0.828. The van der Waals surface area contributed by atoms with Gasteiger partial charge in [-0.1, -0.05) is 46.8 Å². The predicted molar refractivity (Wildman–Crippen MR) is 81.6 cm³/mol. The second-order valence-corrected chi connectivity index (χ2v) is 9.19. The van der Waals surface area contributed by atoms with E-state index in [2.05, 4.69) is 34.6 Å². The summed E-state index contributed by atoms with van der Waals surface area (Å²) in [5.41, 5.74) is 1.92. The van der Waals surface area contributed by atoms with E-state index in [0.717, 1.165) is 11.1 Å². The fourth-order valence-electron chi connectivity index (χ4n) is 2.32. The standard InChI is InChI=1S/C16H26O2S/c1-11(2)13-9-8-10-14(15(13)16(5,6)7)19(17,18)12(3)4/h8-12H,1-7H3. The van der Waals surface area contributed by atoms with Crippen LogP contribution in [0.2, 0.25) is 0 Å². The van der Waals surface area contributed by atoms with Gasteiger partial charge in [0.1, 0.15) is 0 Å². The minimum absolute atomic E-state index is 0.182. The maximum atomic E-state index is 12.6. The Kier molecular flexibility index (Phi) is 4.51. The van der Waals surface area contributed by atoms with E-state index in [0.29, 0.717) is 10.8 Å². The van der Waals surface area contributed by atoms with E-state index in [9.17, 15) is 8.42 Å². The van der Waals surface area contributed by atoms with Crippen molar-refractivity contribution in [3.05, 3.63) is 29.3 Å². The Morgan fingerprint density at radius 2 is 1.53 bits per heavy atom. The molecule has 0 amide bonds. The molecule has 0 atom stereocenters. The van der Waals surface area contributed by atoms with Crippen LogP contribution >= 0.6 is 0 Å². The summed E-state index contributed by atoms with van der Waals surface area (Å²) in [5.74, 6) is 0.316. The smallest absolute Gasteiger partial charge is 0.180 e. The minimum atomic E-state index is -3.25. The van der Waals surface area contributed by atoms with Crippen molar-refractivity contribution in [2.75, 3.05) is 0 Å². The lowest BCUT2D eigenvalue weighted by atomic mass is 9.81. The molecule has 1 aromatic rings. The van der Waals surface area contributed by atoms with Crippen LogP contribution in [0.3, 0.4) is 0 Å². The molecular formula is C16H26O2S. The van der Waals surface area contributed by atoms with E-state index in [1.54, 1.807) is 19.9 Å². The molecule has 0 radical (unpaired) electrons. The minimum Gasteiger partial charge on any atom is -0.223 e. The molecule has 2 nitrogen and oxygen atoms in total. The van der Waals surface area contributed by atoms with Gasteiger partial charge in [-0.15, -0.1) is 0 Å². The van der Waals surface area contributed by atoms with Crippen molar-refractivity contribution in [3.63, 3.8) is 0 Å². The van der Waals surface area contributed by atoms with Crippen LogP contribution in [0.15, 0.2) is 23.1 Å². The molecule has 0 aliphatic rings. The predicted octanol–water partition coefficient (Wildman–Crippen LogP) is 4.29. The highest BCUT2D eigenvalue weighted by molar-refractivity contribution is 7.92. The molecule has 0 spiro atoms. The molecular weight excluding hydrogens is 256 g/mol. The summed E-state index contributed by atoms with van der Waals surface area (Å²) in [7, 11) is -3.25. The van der Waals surface area contributed by atoms with Crippen LogP contribution in [0.25, 0.3) is 0 Å². The maximum Gasteiger partial charge on any atom is 0.180 e. The summed E-state index contributed by atoms with van der Waals surface area (Å²) in [6, 6.07) is 5.66. The zero-order chi connectivity index (χ0) is 15.0. The highest BCUT2D eigenvalue weighted by Crippen LogP contribution is 2.36. The number of rotatable bonds is 3. The van der Waals surface area contributed by atoms with Gasteiger partial charge in [0, 0.05) is 0 Å². The zero-order valence-corrected chi connectivity index (χ0v) is 13.9. The molecule has 0 aliphatic heterocycles. The first kappa shape index (κ1) is 16.2. The fourth-order valence-corrected chi connectivity index (χ4v) is 3.81. The third-order valence-electron chi connectivity index (χ3n) is 3.36. The summed E-state index contributed by atoms with van der Waals surface area (Å²) in [6.45, 7) is 13.9. The van der Waals surface area contributed by atoms with Crippen molar-refractivity contribution in [2.45, 2.75) is 69.9 Å². The van der Waals surface area contributed by atoms with Crippen LogP contribution in [0.5, 0.6) is 0 Å². The van der Waals surface area contributed by atoms with E-state index < -0.39 is 15.1 Å².